The predicted molar refractivity (Wildman–Crippen MR) is 164 cm³/mol. The average Bonchev–Trinajstić information content (AvgIpc) is 3.11. The van der Waals surface area contributed by atoms with E-state index in [-0.39, 0.29) is 35.6 Å². The van der Waals surface area contributed by atoms with Crippen LogP contribution in [0.5, 0.6) is 5.75 Å². The van der Waals surface area contributed by atoms with Gasteiger partial charge < -0.3 is 23.0 Å². The molecule has 218 valence electrons. The van der Waals surface area contributed by atoms with Gasteiger partial charge in [-0.1, -0.05) is 65.3 Å². The van der Waals surface area contributed by atoms with E-state index in [1.165, 1.54) is 6.42 Å². The first-order valence-corrected chi connectivity index (χ1v) is 21.6. The van der Waals surface area contributed by atoms with Crippen LogP contribution >= 0.6 is 0 Å². The van der Waals surface area contributed by atoms with Crippen molar-refractivity contribution in [3.8, 4) is 5.75 Å². The lowest BCUT2D eigenvalue weighted by atomic mass is 9.41. The van der Waals surface area contributed by atoms with Crippen molar-refractivity contribution in [1.29, 1.82) is 0 Å². The second-order valence-corrected chi connectivity index (χ2v) is 25.9. The molecular weight excluding hydrogens is 521 g/mol. The Morgan fingerprint density at radius 1 is 1.10 bits per heavy atom. The Bertz CT molecular complexity index is 1090. The molecule has 1 spiro atoms. The Morgan fingerprint density at radius 2 is 1.72 bits per heavy atom. The quantitative estimate of drug-likeness (QED) is 0.248. The zero-order valence-corrected chi connectivity index (χ0v) is 28.8. The van der Waals surface area contributed by atoms with E-state index in [2.05, 4.69) is 70.4 Å². The molecule has 3 saturated carbocycles. The van der Waals surface area contributed by atoms with Crippen LogP contribution in [0.2, 0.25) is 39.3 Å². The van der Waals surface area contributed by atoms with E-state index in [4.69, 9.17) is 18.8 Å². The monoisotopic (exact) mass is 573 g/mol. The number of esters is 1. The lowest BCUT2D eigenvalue weighted by molar-refractivity contribution is -0.257. The third kappa shape index (κ3) is 5.20. The molecule has 4 fully saturated rings. The van der Waals surface area contributed by atoms with E-state index in [1.807, 2.05) is 26.8 Å². The fourth-order valence-electron chi connectivity index (χ4n) is 8.21. The minimum absolute atomic E-state index is 0.0118. The topological polar surface area (TPSA) is 57.2 Å². The highest BCUT2D eigenvalue weighted by Crippen LogP contribution is 2.70. The summed E-state index contributed by atoms with van der Waals surface area (Å²) in [5, 5.41) is 0. The Morgan fingerprint density at radius 3 is 2.21 bits per heavy atom. The van der Waals surface area contributed by atoms with Crippen molar-refractivity contribution < 1.29 is 23.6 Å². The van der Waals surface area contributed by atoms with Gasteiger partial charge in [0.15, 0.2) is 0 Å². The first-order valence-electron chi connectivity index (χ1n) is 14.7. The molecule has 1 aromatic carbocycles. The molecule has 0 N–H and O–H groups in total. The summed E-state index contributed by atoms with van der Waals surface area (Å²) >= 11 is 0. The summed E-state index contributed by atoms with van der Waals surface area (Å²) in [5.41, 5.74) is 0.419. The molecule has 6 nitrogen and oxygen atoms in total. The number of hydrogen-bond acceptors (Lipinski definition) is 6. The summed E-state index contributed by atoms with van der Waals surface area (Å²) in [4.78, 5) is 13.2. The van der Waals surface area contributed by atoms with Gasteiger partial charge in [-0.05, 0) is 76.3 Å². The third-order valence-corrected chi connectivity index (χ3v) is 17.1. The van der Waals surface area contributed by atoms with E-state index >= 15 is 0 Å². The van der Waals surface area contributed by atoms with Crippen LogP contribution in [0.4, 0.5) is 0 Å². The molecular formula is C30H52BNO5Si2. The highest BCUT2D eigenvalue weighted by atomic mass is 28.4. The van der Waals surface area contributed by atoms with Gasteiger partial charge in [0.25, 0.3) is 0 Å². The summed E-state index contributed by atoms with van der Waals surface area (Å²) in [6.07, 6.45) is 4.00. The van der Waals surface area contributed by atoms with Crippen molar-refractivity contribution in [2.45, 2.75) is 129 Å². The number of rotatable bonds is 8. The second kappa shape index (κ2) is 9.72. The molecule has 1 aromatic rings. The zero-order valence-electron chi connectivity index (χ0n) is 26.8. The van der Waals surface area contributed by atoms with Gasteiger partial charge in [-0.15, -0.1) is 0 Å². The summed E-state index contributed by atoms with van der Waals surface area (Å²) in [7, 11) is -2.34. The molecule has 3 aliphatic carbocycles. The molecule has 1 aliphatic heterocycles. The maximum absolute atomic E-state index is 13.2. The van der Waals surface area contributed by atoms with Crippen LogP contribution in [-0.4, -0.2) is 63.6 Å². The smallest absolute Gasteiger partial charge is 0.475 e. The summed E-state index contributed by atoms with van der Waals surface area (Å²) < 4.78 is 28.8. The van der Waals surface area contributed by atoms with Crippen molar-refractivity contribution in [2.24, 2.45) is 11.3 Å². The van der Waals surface area contributed by atoms with E-state index in [0.717, 1.165) is 18.4 Å². The fourth-order valence-corrected chi connectivity index (χ4v) is 18.7. The lowest BCUT2D eigenvalue weighted by Crippen LogP contribution is -2.73. The van der Waals surface area contributed by atoms with Crippen LogP contribution in [0.3, 0.4) is 0 Å². The van der Waals surface area contributed by atoms with Gasteiger partial charge in [0.05, 0.1) is 18.3 Å². The average molecular weight is 574 g/mol. The summed E-state index contributed by atoms with van der Waals surface area (Å²) in [6.45, 7) is 27.3. The van der Waals surface area contributed by atoms with Crippen LogP contribution in [-0.2, 0) is 20.5 Å². The van der Waals surface area contributed by atoms with Gasteiger partial charge in [0.1, 0.15) is 33.4 Å². The molecule has 39 heavy (non-hydrogen) atoms. The van der Waals surface area contributed by atoms with Crippen LogP contribution in [0.1, 0.15) is 76.7 Å². The van der Waals surface area contributed by atoms with Crippen molar-refractivity contribution in [3.05, 3.63) is 29.3 Å². The molecule has 9 heteroatoms. The number of hydrogen-bond donors (Lipinski definition) is 0. The fraction of sp³-hybridized carbons (Fsp3) is 0.767. The Hall–Kier alpha value is -1.13. The maximum Gasteiger partial charge on any atom is 0.475 e. The molecule has 0 amide bonds. The van der Waals surface area contributed by atoms with E-state index in [1.54, 1.807) is 13.2 Å². The minimum atomic E-state index is -1.82. The predicted octanol–water partition coefficient (Wildman–Crippen LogP) is 6.95. The zero-order chi connectivity index (χ0) is 29.4. The molecule has 5 rings (SSSR count). The SMILES string of the molecule is COc1c(C[C@@H](B2OC3(C)CCC4CC3(O2)C4(C)C)N([Si](C)(C)C)[Si](C)(C)C)cccc1C(=O)OC(C)(C)C. The summed E-state index contributed by atoms with van der Waals surface area (Å²) in [5.74, 6) is 0.935. The number of methoxy groups -OCH3 is 1. The molecule has 1 heterocycles. The van der Waals surface area contributed by atoms with Crippen molar-refractivity contribution in [3.63, 3.8) is 0 Å². The van der Waals surface area contributed by atoms with Crippen LogP contribution in [0.25, 0.3) is 0 Å². The third-order valence-electron chi connectivity index (χ3n) is 9.55. The van der Waals surface area contributed by atoms with Gasteiger partial charge in [0.2, 0.25) is 0 Å². The Kier molecular flexibility index (Phi) is 7.68. The van der Waals surface area contributed by atoms with Gasteiger partial charge in [0, 0.05) is 5.94 Å². The Balaban J connectivity index is 1.78. The number of fused-ring (bicyclic) bond motifs is 1. The number of benzene rings is 1. The molecule has 4 aliphatic rings. The second-order valence-electron chi connectivity index (χ2n) is 15.8. The standard InChI is InChI=1S/C30H52BNO5Si2/c1-27(2,3)35-26(33)23-16-14-15-21(25(23)34-7)19-24(32(38(8,9)10)39(11,12)13)31-36-29(6)18-17-22-20-30(29,37-31)28(22,4)5/h14-16,22,24H,17-20H2,1-13H3/t22?,24-,29?,30?/m0/s1. The lowest BCUT2D eigenvalue weighted by Gasteiger charge is -2.69. The van der Waals surface area contributed by atoms with Crippen LogP contribution in [0, 0.1) is 11.3 Å². The number of ether oxygens (including phenoxy) is 2. The summed E-state index contributed by atoms with van der Waals surface area (Å²) in [6, 6.07) is 5.82. The first kappa shape index (κ1) is 30.8. The largest absolute Gasteiger partial charge is 0.496 e. The van der Waals surface area contributed by atoms with Gasteiger partial charge in [-0.2, -0.15) is 0 Å². The van der Waals surface area contributed by atoms with Crippen molar-refractivity contribution in [2.75, 3.05) is 7.11 Å². The minimum Gasteiger partial charge on any atom is -0.496 e. The van der Waals surface area contributed by atoms with Gasteiger partial charge in [-0.25, -0.2) is 4.79 Å². The normalized spacial score (nSPS) is 29.1. The van der Waals surface area contributed by atoms with Crippen molar-refractivity contribution >= 4 is 29.6 Å². The highest BCUT2D eigenvalue weighted by molar-refractivity contribution is 6.90. The Labute approximate surface area is 239 Å². The van der Waals surface area contributed by atoms with E-state index in [0.29, 0.717) is 23.7 Å². The molecule has 0 aromatic heterocycles. The highest BCUT2D eigenvalue weighted by Gasteiger charge is 2.77. The van der Waals surface area contributed by atoms with Gasteiger partial charge in [-0.3, -0.25) is 0 Å². The number of para-hydroxylation sites is 1. The van der Waals surface area contributed by atoms with Crippen LogP contribution in [0.15, 0.2) is 18.2 Å². The van der Waals surface area contributed by atoms with Gasteiger partial charge >= 0.3 is 13.1 Å². The first-order chi connectivity index (χ1) is 17.7. The molecule has 0 radical (unpaired) electrons. The maximum atomic E-state index is 13.2. The molecule has 2 bridgehead atoms. The van der Waals surface area contributed by atoms with Crippen LogP contribution < -0.4 is 4.74 Å². The van der Waals surface area contributed by atoms with E-state index in [9.17, 15) is 4.79 Å². The molecule has 4 atom stereocenters. The van der Waals surface area contributed by atoms with Crippen molar-refractivity contribution in [1.82, 2.24) is 4.23 Å². The number of carbonyl (C=O) groups excluding carboxylic acids is 1. The number of nitrogens with zero attached hydrogens (tertiary/aromatic N) is 1. The molecule has 1 saturated heterocycles. The molecule has 3 unspecified atom stereocenters. The number of carbonyl (C=O) groups is 1. The van der Waals surface area contributed by atoms with E-state index < -0.39 is 22.1 Å².